The molecular weight excluding hydrogens is 274 g/mol. The lowest BCUT2D eigenvalue weighted by Gasteiger charge is -1.95. The van der Waals surface area contributed by atoms with Crippen LogP contribution in [0.5, 0.6) is 11.5 Å². The van der Waals surface area contributed by atoms with E-state index in [1.54, 1.807) is 0 Å². The Hall–Kier alpha value is -2.00. The molecule has 0 atom stereocenters. The van der Waals surface area contributed by atoms with E-state index in [0.717, 1.165) is 23.6 Å². The number of fused-ring (bicyclic) bond motifs is 4. The zero-order valence-corrected chi connectivity index (χ0v) is 11.8. The maximum atomic E-state index is 6.52. The Balaban J connectivity index is 2.21. The molecule has 1 aromatic rings. The minimum absolute atomic E-state index is 0.254. The van der Waals surface area contributed by atoms with Gasteiger partial charge in [0, 0.05) is 12.1 Å². The predicted octanol–water partition coefficient (Wildman–Crippen LogP) is 3.63. The van der Waals surface area contributed by atoms with Crippen LogP contribution in [0.25, 0.3) is 22.2 Å². The quantitative estimate of drug-likeness (QED) is 0.637. The Morgan fingerprint density at radius 1 is 1.15 bits per heavy atom. The molecule has 1 aromatic carbocycles. The van der Waals surface area contributed by atoms with E-state index in [-0.39, 0.29) is 6.79 Å². The molecule has 2 heterocycles. The topological polar surface area (TPSA) is 22.3 Å². The molecule has 20 heavy (non-hydrogen) atoms. The van der Waals surface area contributed by atoms with Crippen LogP contribution in [0.4, 0.5) is 0 Å². The summed E-state index contributed by atoms with van der Waals surface area (Å²) < 4.78 is 13.2. The van der Waals surface area contributed by atoms with Gasteiger partial charge in [-0.15, -0.1) is 0 Å². The van der Waals surface area contributed by atoms with Crippen LogP contribution in [-0.4, -0.2) is 6.79 Å². The molecular formula is C16H13ClNO2+. The monoisotopic (exact) mass is 286 g/mol. The van der Waals surface area contributed by atoms with Crippen LogP contribution in [0, 0.1) is 0 Å². The number of aromatic nitrogens is 1. The fourth-order valence-electron chi connectivity index (χ4n) is 2.90. The van der Waals surface area contributed by atoms with Gasteiger partial charge < -0.3 is 9.47 Å². The average Bonchev–Trinajstić information content (AvgIpc) is 2.99. The van der Waals surface area contributed by atoms with Gasteiger partial charge in [-0.25, -0.2) is 0 Å². The van der Waals surface area contributed by atoms with Crippen molar-refractivity contribution < 1.29 is 14.0 Å². The molecule has 3 nitrogen and oxygen atoms in total. The van der Waals surface area contributed by atoms with Crippen molar-refractivity contribution in [2.24, 2.45) is 0 Å². The summed E-state index contributed by atoms with van der Waals surface area (Å²) in [5.41, 5.74) is 3.31. The van der Waals surface area contributed by atoms with Crippen molar-refractivity contribution in [3.05, 3.63) is 41.4 Å². The number of ether oxygens (including phenoxy) is 2. The lowest BCUT2D eigenvalue weighted by atomic mass is 10.1. The van der Waals surface area contributed by atoms with Crippen molar-refractivity contribution in [2.75, 3.05) is 6.79 Å². The molecule has 0 N–H and O–H groups in total. The molecule has 4 heteroatoms. The van der Waals surface area contributed by atoms with Crippen molar-refractivity contribution in [1.29, 1.82) is 0 Å². The van der Waals surface area contributed by atoms with Crippen molar-refractivity contribution in [1.82, 2.24) is 0 Å². The van der Waals surface area contributed by atoms with Gasteiger partial charge >= 0.3 is 0 Å². The molecule has 0 bridgehead atoms. The molecule has 4 rings (SSSR count). The lowest BCUT2D eigenvalue weighted by Crippen LogP contribution is -2.32. The number of rotatable bonds is 1. The number of aryl methyl sites for hydroxylation is 1. The molecule has 0 spiro atoms. The summed E-state index contributed by atoms with van der Waals surface area (Å²) >= 11 is 6.52. The summed E-state index contributed by atoms with van der Waals surface area (Å²) in [5.74, 6) is 1.46. The minimum Gasteiger partial charge on any atom is -0.454 e. The minimum atomic E-state index is 0.254. The van der Waals surface area contributed by atoms with Gasteiger partial charge in [0.15, 0.2) is 11.5 Å². The van der Waals surface area contributed by atoms with Crippen LogP contribution in [0.2, 0.25) is 5.02 Å². The highest BCUT2D eigenvalue weighted by Crippen LogP contribution is 2.42. The van der Waals surface area contributed by atoms with E-state index in [1.165, 1.54) is 10.9 Å². The Labute approximate surface area is 121 Å². The summed E-state index contributed by atoms with van der Waals surface area (Å²) in [6.07, 6.45) is 0. The van der Waals surface area contributed by atoms with Gasteiger partial charge in [0.1, 0.15) is 11.6 Å². The van der Waals surface area contributed by atoms with E-state index in [2.05, 4.69) is 23.6 Å². The first-order valence-electron chi connectivity index (χ1n) is 6.63. The fraction of sp³-hybridized carbons (Fsp3) is 0.188. The lowest BCUT2D eigenvalue weighted by molar-refractivity contribution is -0.654. The van der Waals surface area contributed by atoms with Crippen molar-refractivity contribution in [2.45, 2.75) is 13.5 Å². The SMILES string of the molecule is CC[n+]1c2c(Cl)cc3c(cc-2c2ccccc21)OCO3. The molecule has 0 aromatic heterocycles. The first-order valence-corrected chi connectivity index (χ1v) is 7.01. The number of benzene rings is 1. The second kappa shape index (κ2) is 4.25. The standard InChI is InChI=1S/C16H13ClNO2/c1-2-18-13-6-4-3-5-10(13)11-7-14-15(20-9-19-14)8-12(17)16(11)18/h3-8H,2,9H2,1H3/q+1. The van der Waals surface area contributed by atoms with E-state index >= 15 is 0 Å². The third kappa shape index (κ3) is 1.50. The third-order valence-electron chi connectivity index (χ3n) is 3.76. The van der Waals surface area contributed by atoms with Crippen LogP contribution >= 0.6 is 11.6 Å². The van der Waals surface area contributed by atoms with Gasteiger partial charge in [-0.1, -0.05) is 23.7 Å². The number of nitrogens with zero attached hydrogens (tertiary/aromatic N) is 1. The summed E-state index contributed by atoms with van der Waals surface area (Å²) in [6, 6.07) is 12.2. The largest absolute Gasteiger partial charge is 0.454 e. The van der Waals surface area contributed by atoms with E-state index in [9.17, 15) is 0 Å². The van der Waals surface area contributed by atoms with Crippen LogP contribution in [0.1, 0.15) is 6.92 Å². The number of para-hydroxylation sites is 1. The van der Waals surface area contributed by atoms with Gasteiger partial charge in [-0.05, 0) is 19.1 Å². The van der Waals surface area contributed by atoms with Crippen molar-refractivity contribution in [3.8, 4) is 22.8 Å². The maximum absolute atomic E-state index is 6.52. The average molecular weight is 287 g/mol. The molecule has 0 fully saturated rings. The first kappa shape index (κ1) is 11.8. The van der Waals surface area contributed by atoms with Crippen LogP contribution < -0.4 is 14.0 Å². The summed E-state index contributed by atoms with van der Waals surface area (Å²) in [5, 5.41) is 1.87. The summed E-state index contributed by atoms with van der Waals surface area (Å²) in [6.45, 7) is 3.24. The number of hydrogen-bond donors (Lipinski definition) is 0. The molecule has 2 aliphatic heterocycles. The van der Waals surface area contributed by atoms with E-state index in [4.69, 9.17) is 21.1 Å². The maximum Gasteiger partial charge on any atom is 0.232 e. The Morgan fingerprint density at radius 2 is 1.90 bits per heavy atom. The van der Waals surface area contributed by atoms with Crippen LogP contribution in [-0.2, 0) is 6.54 Å². The molecule has 100 valence electrons. The van der Waals surface area contributed by atoms with Gasteiger partial charge in [-0.2, -0.15) is 4.57 Å². The van der Waals surface area contributed by atoms with Crippen molar-refractivity contribution >= 4 is 22.5 Å². The first-order chi connectivity index (χ1) is 9.79. The highest BCUT2D eigenvalue weighted by Gasteiger charge is 2.29. The summed E-state index contributed by atoms with van der Waals surface area (Å²) in [4.78, 5) is 0. The molecule has 1 aliphatic carbocycles. The Bertz CT molecular complexity index is 800. The predicted molar refractivity (Wildman–Crippen MR) is 77.6 cm³/mol. The third-order valence-corrected chi connectivity index (χ3v) is 4.05. The highest BCUT2D eigenvalue weighted by atomic mass is 35.5. The van der Waals surface area contributed by atoms with Gasteiger partial charge in [0.05, 0.1) is 10.9 Å². The van der Waals surface area contributed by atoms with E-state index in [1.807, 2.05) is 24.3 Å². The van der Waals surface area contributed by atoms with E-state index in [0.29, 0.717) is 10.8 Å². The zero-order valence-electron chi connectivity index (χ0n) is 11.0. The smallest absolute Gasteiger partial charge is 0.232 e. The Kier molecular flexibility index (Phi) is 2.51. The molecule has 0 radical (unpaired) electrons. The van der Waals surface area contributed by atoms with Crippen LogP contribution in [0.15, 0.2) is 36.4 Å². The molecule has 0 saturated heterocycles. The van der Waals surface area contributed by atoms with Gasteiger partial charge in [0.25, 0.3) is 0 Å². The van der Waals surface area contributed by atoms with Crippen molar-refractivity contribution in [3.63, 3.8) is 0 Å². The second-order valence-corrected chi connectivity index (χ2v) is 5.20. The molecule has 0 saturated carbocycles. The van der Waals surface area contributed by atoms with Gasteiger partial charge in [-0.3, -0.25) is 0 Å². The second-order valence-electron chi connectivity index (χ2n) is 4.80. The summed E-state index contributed by atoms with van der Waals surface area (Å²) in [7, 11) is 0. The number of hydrogen-bond acceptors (Lipinski definition) is 2. The van der Waals surface area contributed by atoms with Crippen LogP contribution in [0.3, 0.4) is 0 Å². The van der Waals surface area contributed by atoms with E-state index < -0.39 is 0 Å². The molecule has 0 unspecified atom stereocenters. The Morgan fingerprint density at radius 3 is 2.70 bits per heavy atom. The fourth-order valence-corrected chi connectivity index (χ4v) is 3.20. The number of halogens is 1. The highest BCUT2D eigenvalue weighted by molar-refractivity contribution is 6.33. The molecule has 3 aliphatic rings. The molecule has 0 amide bonds. The zero-order chi connectivity index (χ0) is 13.7. The normalized spacial score (nSPS) is 13.3. The van der Waals surface area contributed by atoms with Gasteiger partial charge in [0.2, 0.25) is 18.0 Å².